The van der Waals surface area contributed by atoms with Gasteiger partial charge in [0, 0.05) is 6.92 Å². The summed E-state index contributed by atoms with van der Waals surface area (Å²) in [6, 6.07) is 1.30. The Bertz CT molecular complexity index is 432. The van der Waals surface area contributed by atoms with Gasteiger partial charge in [-0.25, -0.2) is 9.78 Å². The maximum Gasteiger partial charge on any atom is 0.358 e. The summed E-state index contributed by atoms with van der Waals surface area (Å²) in [6.07, 6.45) is 0. The maximum atomic E-state index is 11.2. The molecule has 0 unspecified atom stereocenters. The Balaban J connectivity index is 3.37. The molecule has 0 aromatic carbocycles. The van der Waals surface area contributed by atoms with Crippen LogP contribution >= 0.6 is 23.2 Å². The van der Waals surface area contributed by atoms with E-state index in [0.29, 0.717) is 0 Å². The fraction of sp³-hybridized carbons (Fsp3) is 0.222. The molecule has 0 atom stereocenters. The number of hydrogen-bond donors (Lipinski definition) is 0. The molecule has 0 aliphatic heterocycles. The van der Waals surface area contributed by atoms with Crippen LogP contribution < -0.4 is 0 Å². The second kappa shape index (κ2) is 4.59. The lowest BCUT2D eigenvalue weighted by Gasteiger charge is -2.04. The summed E-state index contributed by atoms with van der Waals surface area (Å²) in [6.45, 7) is 1.31. The molecule has 0 radical (unpaired) electrons. The Morgan fingerprint density at radius 3 is 2.47 bits per heavy atom. The van der Waals surface area contributed by atoms with Gasteiger partial charge in [0.2, 0.25) is 0 Å². The summed E-state index contributed by atoms with van der Waals surface area (Å²) in [5.41, 5.74) is -0.0818. The molecule has 15 heavy (non-hydrogen) atoms. The van der Waals surface area contributed by atoms with Gasteiger partial charge in [0.25, 0.3) is 0 Å². The van der Waals surface area contributed by atoms with E-state index in [9.17, 15) is 9.59 Å². The van der Waals surface area contributed by atoms with Crippen LogP contribution in [-0.2, 0) is 4.74 Å². The molecule has 1 aromatic rings. The highest BCUT2D eigenvalue weighted by molar-refractivity contribution is 6.43. The van der Waals surface area contributed by atoms with Crippen LogP contribution in [0.5, 0.6) is 0 Å². The second-order valence-electron chi connectivity index (χ2n) is 2.70. The number of ketones is 1. The molecule has 0 N–H and O–H groups in total. The highest BCUT2D eigenvalue weighted by Crippen LogP contribution is 2.26. The van der Waals surface area contributed by atoms with Crippen molar-refractivity contribution >= 4 is 35.0 Å². The number of Topliss-reactive ketones (excluding diaryl/α,β-unsaturated/α-hetero) is 1. The summed E-state index contributed by atoms with van der Waals surface area (Å²) in [5, 5.41) is 0.0748. The van der Waals surface area contributed by atoms with Gasteiger partial charge < -0.3 is 4.74 Å². The fourth-order valence-corrected chi connectivity index (χ4v) is 1.28. The lowest BCUT2D eigenvalue weighted by molar-refractivity contribution is 0.0594. The number of methoxy groups -OCH3 is 1. The van der Waals surface area contributed by atoms with Gasteiger partial charge >= 0.3 is 5.97 Å². The van der Waals surface area contributed by atoms with E-state index < -0.39 is 5.97 Å². The normalized spacial score (nSPS) is 9.87. The zero-order valence-corrected chi connectivity index (χ0v) is 9.52. The second-order valence-corrected chi connectivity index (χ2v) is 3.48. The van der Waals surface area contributed by atoms with E-state index in [1.807, 2.05) is 0 Å². The van der Waals surface area contributed by atoms with Crippen LogP contribution in [0.4, 0.5) is 0 Å². The number of carbonyl (C=O) groups excluding carboxylic acids is 2. The van der Waals surface area contributed by atoms with Crippen molar-refractivity contribution in [2.24, 2.45) is 0 Å². The summed E-state index contributed by atoms with van der Waals surface area (Å²) in [5.74, 6) is -1.04. The molecule has 0 saturated carbocycles. The third-order valence-corrected chi connectivity index (χ3v) is 2.43. The molecule has 80 valence electrons. The van der Waals surface area contributed by atoms with Crippen LogP contribution in [0.3, 0.4) is 0 Å². The van der Waals surface area contributed by atoms with Gasteiger partial charge in [-0.3, -0.25) is 4.79 Å². The van der Waals surface area contributed by atoms with Gasteiger partial charge in [-0.05, 0) is 6.07 Å². The number of hydrogen-bond acceptors (Lipinski definition) is 4. The van der Waals surface area contributed by atoms with Crippen molar-refractivity contribution in [2.75, 3.05) is 7.11 Å². The SMILES string of the molecule is COC(=O)c1nc(C(C)=O)cc(Cl)c1Cl. The van der Waals surface area contributed by atoms with Crippen LogP contribution in [0.2, 0.25) is 10.0 Å². The lowest BCUT2D eigenvalue weighted by Crippen LogP contribution is -2.09. The van der Waals surface area contributed by atoms with E-state index in [0.717, 1.165) is 0 Å². The molecule has 1 heterocycles. The number of carbonyl (C=O) groups is 2. The van der Waals surface area contributed by atoms with Gasteiger partial charge in [-0.15, -0.1) is 0 Å². The predicted octanol–water partition coefficient (Wildman–Crippen LogP) is 2.38. The first-order valence-corrected chi connectivity index (χ1v) is 4.68. The Morgan fingerprint density at radius 2 is 2.00 bits per heavy atom. The van der Waals surface area contributed by atoms with Crippen molar-refractivity contribution < 1.29 is 14.3 Å². The summed E-state index contributed by atoms with van der Waals surface area (Å²) >= 11 is 11.5. The van der Waals surface area contributed by atoms with Crippen molar-refractivity contribution in [3.05, 3.63) is 27.5 Å². The molecular weight excluding hydrogens is 241 g/mol. The quantitative estimate of drug-likeness (QED) is 0.595. The molecule has 0 bridgehead atoms. The van der Waals surface area contributed by atoms with E-state index >= 15 is 0 Å². The number of esters is 1. The molecule has 1 rings (SSSR count). The number of ether oxygens (including phenoxy) is 1. The van der Waals surface area contributed by atoms with Crippen LogP contribution in [0.15, 0.2) is 6.07 Å². The van der Waals surface area contributed by atoms with E-state index in [-0.39, 0.29) is 27.2 Å². The van der Waals surface area contributed by atoms with E-state index in [4.69, 9.17) is 23.2 Å². The highest BCUT2D eigenvalue weighted by atomic mass is 35.5. The van der Waals surface area contributed by atoms with Crippen LogP contribution in [0, 0.1) is 0 Å². The third-order valence-electron chi connectivity index (χ3n) is 1.65. The Labute approximate surface area is 96.2 Å². The van der Waals surface area contributed by atoms with Crippen LogP contribution in [0.25, 0.3) is 0 Å². The first-order valence-electron chi connectivity index (χ1n) is 3.92. The molecule has 1 aromatic heterocycles. The monoisotopic (exact) mass is 247 g/mol. The van der Waals surface area contributed by atoms with Gasteiger partial charge in [0.1, 0.15) is 5.69 Å². The molecule has 0 fully saturated rings. The minimum Gasteiger partial charge on any atom is -0.464 e. The summed E-state index contributed by atoms with van der Waals surface area (Å²) in [7, 11) is 1.19. The number of pyridine rings is 1. The van der Waals surface area contributed by atoms with E-state index in [1.165, 1.54) is 20.1 Å². The zero-order chi connectivity index (χ0) is 11.6. The molecule has 0 aliphatic rings. The maximum absolute atomic E-state index is 11.2. The summed E-state index contributed by atoms with van der Waals surface area (Å²) in [4.78, 5) is 26.0. The number of rotatable bonds is 2. The van der Waals surface area contributed by atoms with Crippen molar-refractivity contribution in [3.8, 4) is 0 Å². The Morgan fingerprint density at radius 1 is 1.40 bits per heavy atom. The first-order chi connectivity index (χ1) is 6.97. The minimum absolute atomic E-state index is 0.0199. The smallest absolute Gasteiger partial charge is 0.358 e. The Kier molecular flexibility index (Phi) is 3.66. The van der Waals surface area contributed by atoms with Gasteiger partial charge in [-0.1, -0.05) is 23.2 Å². The number of halogens is 2. The largest absolute Gasteiger partial charge is 0.464 e. The summed E-state index contributed by atoms with van der Waals surface area (Å²) < 4.78 is 4.45. The zero-order valence-electron chi connectivity index (χ0n) is 8.01. The van der Waals surface area contributed by atoms with Crippen LogP contribution in [-0.4, -0.2) is 23.8 Å². The number of aromatic nitrogens is 1. The van der Waals surface area contributed by atoms with Crippen molar-refractivity contribution in [1.29, 1.82) is 0 Å². The standard InChI is InChI=1S/C9H7Cl2NO3/c1-4(13)6-3-5(10)7(11)8(12-6)9(14)15-2/h3H,1-2H3. The molecule has 0 amide bonds. The topological polar surface area (TPSA) is 56.3 Å². The first kappa shape index (κ1) is 11.9. The van der Waals surface area contributed by atoms with E-state index in [1.54, 1.807) is 0 Å². The molecule has 0 aliphatic carbocycles. The molecular formula is C9H7Cl2NO3. The van der Waals surface area contributed by atoms with E-state index in [2.05, 4.69) is 9.72 Å². The lowest BCUT2D eigenvalue weighted by atomic mass is 10.2. The predicted molar refractivity (Wildman–Crippen MR) is 55.6 cm³/mol. The minimum atomic E-state index is -0.731. The van der Waals surface area contributed by atoms with Gasteiger partial charge in [0.05, 0.1) is 17.2 Å². The van der Waals surface area contributed by atoms with Crippen LogP contribution in [0.1, 0.15) is 27.9 Å². The molecule has 6 heteroatoms. The fourth-order valence-electron chi connectivity index (χ4n) is 0.911. The number of nitrogens with zero attached hydrogens (tertiary/aromatic N) is 1. The van der Waals surface area contributed by atoms with Gasteiger partial charge in [0.15, 0.2) is 11.5 Å². The Hall–Kier alpha value is -1.13. The third kappa shape index (κ3) is 2.46. The van der Waals surface area contributed by atoms with Crippen molar-refractivity contribution in [1.82, 2.24) is 4.98 Å². The van der Waals surface area contributed by atoms with Gasteiger partial charge in [-0.2, -0.15) is 0 Å². The molecule has 0 spiro atoms. The average Bonchev–Trinajstić information content (AvgIpc) is 2.20. The van der Waals surface area contributed by atoms with Crippen molar-refractivity contribution in [2.45, 2.75) is 6.92 Å². The molecule has 0 saturated heterocycles. The highest BCUT2D eigenvalue weighted by Gasteiger charge is 2.18. The molecule has 4 nitrogen and oxygen atoms in total. The average molecular weight is 248 g/mol. The van der Waals surface area contributed by atoms with Crippen molar-refractivity contribution in [3.63, 3.8) is 0 Å².